The van der Waals surface area contributed by atoms with Crippen LogP contribution in [0.4, 0.5) is 10.5 Å². The number of para-hydroxylation sites is 1. The number of hydrogen-bond acceptors (Lipinski definition) is 5. The zero-order chi connectivity index (χ0) is 16.2. The lowest BCUT2D eigenvalue weighted by Crippen LogP contribution is -2.20. The van der Waals surface area contributed by atoms with Crippen LogP contribution in [-0.2, 0) is 9.84 Å². The van der Waals surface area contributed by atoms with E-state index in [1.165, 1.54) is 0 Å². The normalized spacial score (nSPS) is 12.5. The summed E-state index contributed by atoms with van der Waals surface area (Å²) in [6.45, 7) is 0. The van der Waals surface area contributed by atoms with E-state index in [4.69, 9.17) is 10.5 Å². The van der Waals surface area contributed by atoms with Crippen LogP contribution in [0.25, 0.3) is 0 Å². The molecule has 0 aliphatic carbocycles. The number of nitrogens with one attached hydrogen (secondary N) is 1. The minimum Gasteiger partial charge on any atom is -0.410 e. The Morgan fingerprint density at radius 3 is 2.23 bits per heavy atom. The highest BCUT2D eigenvalue weighted by atomic mass is 32.2. The molecule has 1 amide bonds. The molecule has 2 aromatic carbocycles. The van der Waals surface area contributed by atoms with Gasteiger partial charge >= 0.3 is 6.09 Å². The van der Waals surface area contributed by atoms with E-state index >= 15 is 0 Å². The highest BCUT2D eigenvalue weighted by Gasteiger charge is 2.17. The monoisotopic (exact) mass is 320 g/mol. The SMILES string of the molecule is CS(=O)(=O)C(N)c1ccc(NC(=O)Oc2ccccc2)cc1. The Hall–Kier alpha value is -2.38. The molecule has 0 spiro atoms. The zero-order valence-corrected chi connectivity index (χ0v) is 12.7. The summed E-state index contributed by atoms with van der Waals surface area (Å²) < 4.78 is 27.8. The van der Waals surface area contributed by atoms with E-state index in [0.29, 0.717) is 17.0 Å². The number of hydrogen-bond donors (Lipinski definition) is 2. The second kappa shape index (κ2) is 6.59. The van der Waals surface area contributed by atoms with Gasteiger partial charge in [0, 0.05) is 11.9 Å². The van der Waals surface area contributed by atoms with Gasteiger partial charge in [0.15, 0.2) is 9.84 Å². The van der Waals surface area contributed by atoms with Crippen LogP contribution in [0.1, 0.15) is 10.9 Å². The molecule has 1 atom stereocenters. The second-order valence-electron chi connectivity index (χ2n) is 4.70. The molecule has 0 aliphatic rings. The van der Waals surface area contributed by atoms with E-state index in [2.05, 4.69) is 5.32 Å². The molecule has 0 heterocycles. The number of anilines is 1. The number of ether oxygens (including phenoxy) is 1. The van der Waals surface area contributed by atoms with E-state index in [1.54, 1.807) is 48.5 Å². The summed E-state index contributed by atoms with van der Waals surface area (Å²) in [6, 6.07) is 14.9. The van der Waals surface area contributed by atoms with Crippen molar-refractivity contribution in [3.63, 3.8) is 0 Å². The first-order chi connectivity index (χ1) is 10.4. The number of carbonyl (C=O) groups is 1. The fourth-order valence-electron chi connectivity index (χ4n) is 1.74. The Labute approximate surface area is 128 Å². The average Bonchev–Trinajstić information content (AvgIpc) is 2.47. The van der Waals surface area contributed by atoms with E-state index in [0.717, 1.165) is 6.26 Å². The molecule has 0 saturated carbocycles. The van der Waals surface area contributed by atoms with Gasteiger partial charge in [-0.3, -0.25) is 5.32 Å². The van der Waals surface area contributed by atoms with Crippen LogP contribution in [0.3, 0.4) is 0 Å². The maximum Gasteiger partial charge on any atom is 0.417 e. The van der Waals surface area contributed by atoms with Crippen molar-refractivity contribution in [1.29, 1.82) is 0 Å². The molecule has 0 fully saturated rings. The summed E-state index contributed by atoms with van der Waals surface area (Å²) in [7, 11) is -3.37. The summed E-state index contributed by atoms with van der Waals surface area (Å²) in [4.78, 5) is 11.7. The van der Waals surface area contributed by atoms with E-state index < -0.39 is 21.3 Å². The fraction of sp³-hybridized carbons (Fsp3) is 0.133. The Kier molecular flexibility index (Phi) is 4.79. The Morgan fingerprint density at radius 2 is 1.68 bits per heavy atom. The number of amides is 1. The summed E-state index contributed by atoms with van der Waals surface area (Å²) in [5, 5.41) is 1.46. The van der Waals surface area contributed by atoms with Crippen LogP contribution < -0.4 is 15.8 Å². The first-order valence-electron chi connectivity index (χ1n) is 6.44. The lowest BCUT2D eigenvalue weighted by Gasteiger charge is -2.11. The Balaban J connectivity index is 2.01. The number of rotatable bonds is 4. The van der Waals surface area contributed by atoms with Crippen molar-refractivity contribution in [2.75, 3.05) is 11.6 Å². The van der Waals surface area contributed by atoms with Gasteiger partial charge in [0.1, 0.15) is 11.1 Å². The molecule has 2 aromatic rings. The molecule has 0 saturated heterocycles. The van der Waals surface area contributed by atoms with Crippen molar-refractivity contribution in [2.24, 2.45) is 5.73 Å². The third-order valence-corrected chi connectivity index (χ3v) is 4.10. The molecular formula is C15H16N2O4S. The van der Waals surface area contributed by atoms with Crippen LogP contribution in [-0.4, -0.2) is 20.8 Å². The van der Waals surface area contributed by atoms with Gasteiger partial charge in [0.25, 0.3) is 0 Å². The van der Waals surface area contributed by atoms with Crippen molar-refractivity contribution < 1.29 is 17.9 Å². The van der Waals surface area contributed by atoms with Crippen molar-refractivity contribution in [1.82, 2.24) is 0 Å². The number of carbonyl (C=O) groups excluding carboxylic acids is 1. The lowest BCUT2D eigenvalue weighted by molar-refractivity contribution is 0.215. The maximum absolute atomic E-state index is 11.7. The summed E-state index contributed by atoms with van der Waals surface area (Å²) in [5.74, 6) is 0.427. The lowest BCUT2D eigenvalue weighted by atomic mass is 10.2. The van der Waals surface area contributed by atoms with E-state index in [-0.39, 0.29) is 0 Å². The maximum atomic E-state index is 11.7. The predicted octanol–water partition coefficient (Wildman–Crippen LogP) is 2.30. The number of nitrogens with two attached hydrogens (primary N) is 1. The van der Waals surface area contributed by atoms with Crippen molar-refractivity contribution >= 4 is 21.6 Å². The molecule has 0 bridgehead atoms. The molecule has 0 aromatic heterocycles. The average molecular weight is 320 g/mol. The third kappa shape index (κ3) is 4.31. The summed E-state index contributed by atoms with van der Waals surface area (Å²) in [6.07, 6.45) is 0.437. The summed E-state index contributed by atoms with van der Waals surface area (Å²) >= 11 is 0. The zero-order valence-electron chi connectivity index (χ0n) is 11.9. The predicted molar refractivity (Wildman–Crippen MR) is 84.3 cm³/mol. The van der Waals surface area contributed by atoms with Crippen LogP contribution in [0.15, 0.2) is 54.6 Å². The van der Waals surface area contributed by atoms with Gasteiger partial charge in [-0.25, -0.2) is 13.2 Å². The first kappa shape index (κ1) is 16.0. The van der Waals surface area contributed by atoms with Gasteiger partial charge in [-0.1, -0.05) is 30.3 Å². The van der Waals surface area contributed by atoms with Crippen LogP contribution in [0.2, 0.25) is 0 Å². The Bertz CT molecular complexity index is 743. The van der Waals surface area contributed by atoms with Gasteiger partial charge < -0.3 is 10.5 Å². The minimum absolute atomic E-state index is 0.427. The van der Waals surface area contributed by atoms with Crippen LogP contribution in [0, 0.1) is 0 Å². The molecular weight excluding hydrogens is 304 g/mol. The third-order valence-electron chi connectivity index (χ3n) is 2.90. The minimum atomic E-state index is -3.37. The highest BCUT2D eigenvalue weighted by molar-refractivity contribution is 7.90. The van der Waals surface area contributed by atoms with E-state index in [1.807, 2.05) is 6.07 Å². The number of sulfone groups is 1. The van der Waals surface area contributed by atoms with Gasteiger partial charge in [0.05, 0.1) is 0 Å². The van der Waals surface area contributed by atoms with Gasteiger partial charge in [-0.05, 0) is 29.8 Å². The first-order valence-corrected chi connectivity index (χ1v) is 8.40. The molecule has 7 heteroatoms. The van der Waals surface area contributed by atoms with Crippen LogP contribution in [0.5, 0.6) is 5.75 Å². The number of benzene rings is 2. The quantitative estimate of drug-likeness (QED) is 0.900. The van der Waals surface area contributed by atoms with Crippen LogP contribution >= 0.6 is 0 Å². The van der Waals surface area contributed by atoms with Crippen molar-refractivity contribution in [2.45, 2.75) is 5.37 Å². The standard InChI is InChI=1S/C15H16N2O4S/c1-22(19,20)14(16)11-7-9-12(10-8-11)17-15(18)21-13-5-3-2-4-6-13/h2-10,14H,16H2,1H3,(H,17,18). The van der Waals surface area contributed by atoms with E-state index in [9.17, 15) is 13.2 Å². The largest absolute Gasteiger partial charge is 0.417 e. The van der Waals surface area contributed by atoms with Gasteiger partial charge in [-0.15, -0.1) is 0 Å². The van der Waals surface area contributed by atoms with Crippen molar-refractivity contribution in [3.05, 3.63) is 60.2 Å². The molecule has 1 unspecified atom stereocenters. The fourth-order valence-corrected chi connectivity index (χ4v) is 2.39. The molecule has 22 heavy (non-hydrogen) atoms. The smallest absolute Gasteiger partial charge is 0.410 e. The molecule has 3 N–H and O–H groups in total. The topological polar surface area (TPSA) is 98.5 Å². The molecule has 116 valence electrons. The summed E-state index contributed by atoms with van der Waals surface area (Å²) in [5.41, 5.74) is 6.55. The molecule has 0 radical (unpaired) electrons. The van der Waals surface area contributed by atoms with Gasteiger partial charge in [0.2, 0.25) is 0 Å². The van der Waals surface area contributed by atoms with Gasteiger partial charge in [-0.2, -0.15) is 0 Å². The molecule has 2 rings (SSSR count). The van der Waals surface area contributed by atoms with Crippen molar-refractivity contribution in [3.8, 4) is 5.75 Å². The second-order valence-corrected chi connectivity index (χ2v) is 6.87. The molecule has 0 aliphatic heterocycles. The molecule has 6 nitrogen and oxygen atoms in total. The highest BCUT2D eigenvalue weighted by Crippen LogP contribution is 2.19. The Morgan fingerprint density at radius 1 is 1.09 bits per heavy atom.